The molecule has 2 aromatic carbocycles. The SMILES string of the molecule is COc1ccc(N2CCN(c3ccc4nccc(SCC(=O)N/N=C/c5cccs5)c4c3)CC2)cc1. The summed E-state index contributed by atoms with van der Waals surface area (Å²) in [7, 11) is 1.69. The number of ether oxygens (including phenoxy) is 1. The summed E-state index contributed by atoms with van der Waals surface area (Å²) in [4.78, 5) is 23.7. The minimum Gasteiger partial charge on any atom is -0.497 e. The summed E-state index contributed by atoms with van der Waals surface area (Å²) in [6.45, 7) is 3.77. The molecule has 5 rings (SSSR count). The Morgan fingerprint density at radius 1 is 1.08 bits per heavy atom. The molecule has 0 atom stereocenters. The van der Waals surface area contributed by atoms with Crippen molar-refractivity contribution in [2.75, 3.05) is 48.8 Å². The molecular formula is C27H27N5O2S2. The molecule has 1 N–H and O–H groups in total. The van der Waals surface area contributed by atoms with Gasteiger partial charge in [0.2, 0.25) is 5.91 Å². The van der Waals surface area contributed by atoms with Gasteiger partial charge in [-0.05, 0) is 60.0 Å². The predicted molar refractivity (Wildman–Crippen MR) is 150 cm³/mol. The summed E-state index contributed by atoms with van der Waals surface area (Å²) < 4.78 is 5.28. The van der Waals surface area contributed by atoms with Gasteiger partial charge in [-0.2, -0.15) is 5.10 Å². The fraction of sp³-hybridized carbons (Fsp3) is 0.222. The van der Waals surface area contributed by atoms with Crippen LogP contribution in [0, 0.1) is 0 Å². The predicted octanol–water partition coefficient (Wildman–Crippen LogP) is 4.87. The molecule has 9 heteroatoms. The van der Waals surface area contributed by atoms with E-state index in [1.54, 1.807) is 30.9 Å². The molecule has 1 saturated heterocycles. The van der Waals surface area contributed by atoms with Gasteiger partial charge in [-0.3, -0.25) is 9.78 Å². The van der Waals surface area contributed by atoms with Crippen LogP contribution in [0.4, 0.5) is 11.4 Å². The van der Waals surface area contributed by atoms with E-state index >= 15 is 0 Å². The first-order valence-corrected chi connectivity index (χ1v) is 13.6. The van der Waals surface area contributed by atoms with Gasteiger partial charge in [0.1, 0.15) is 5.75 Å². The maximum Gasteiger partial charge on any atom is 0.250 e. The number of hydrogen-bond donors (Lipinski definition) is 1. The molecule has 1 fully saturated rings. The van der Waals surface area contributed by atoms with Crippen LogP contribution in [0.2, 0.25) is 0 Å². The van der Waals surface area contributed by atoms with Crippen LogP contribution in [-0.4, -0.2) is 56.1 Å². The van der Waals surface area contributed by atoms with Crippen molar-refractivity contribution in [3.05, 3.63) is 77.1 Å². The van der Waals surface area contributed by atoms with Gasteiger partial charge >= 0.3 is 0 Å². The van der Waals surface area contributed by atoms with Gasteiger partial charge in [0.25, 0.3) is 0 Å². The Hall–Kier alpha value is -3.56. The number of nitrogens with one attached hydrogen (secondary N) is 1. The third kappa shape index (κ3) is 5.80. The summed E-state index contributed by atoms with van der Waals surface area (Å²) in [6.07, 6.45) is 3.46. The highest BCUT2D eigenvalue weighted by Gasteiger charge is 2.18. The van der Waals surface area contributed by atoms with Gasteiger partial charge < -0.3 is 14.5 Å². The van der Waals surface area contributed by atoms with E-state index in [2.05, 4.69) is 55.6 Å². The quantitative estimate of drug-likeness (QED) is 0.204. The van der Waals surface area contributed by atoms with E-state index in [0.29, 0.717) is 0 Å². The number of piperazine rings is 1. The summed E-state index contributed by atoms with van der Waals surface area (Å²) >= 11 is 3.08. The molecule has 3 heterocycles. The van der Waals surface area contributed by atoms with Crippen LogP contribution in [-0.2, 0) is 4.79 Å². The Bertz CT molecular complexity index is 1330. The lowest BCUT2D eigenvalue weighted by Crippen LogP contribution is -2.46. The highest BCUT2D eigenvalue weighted by Crippen LogP contribution is 2.31. The van der Waals surface area contributed by atoms with Gasteiger partial charge in [0.05, 0.1) is 24.6 Å². The Balaban J connectivity index is 1.21. The molecule has 7 nitrogen and oxygen atoms in total. The maximum atomic E-state index is 12.3. The van der Waals surface area contributed by atoms with Crippen LogP contribution in [0.5, 0.6) is 5.75 Å². The molecule has 1 amide bonds. The van der Waals surface area contributed by atoms with Gasteiger partial charge in [-0.25, -0.2) is 5.43 Å². The number of anilines is 2. The summed E-state index contributed by atoms with van der Waals surface area (Å²) in [5.74, 6) is 1.02. The van der Waals surface area contributed by atoms with E-state index in [1.807, 2.05) is 35.7 Å². The van der Waals surface area contributed by atoms with E-state index in [0.717, 1.165) is 52.6 Å². The number of methoxy groups -OCH3 is 1. The molecule has 0 radical (unpaired) electrons. The fourth-order valence-corrected chi connectivity index (χ4v) is 5.57. The number of hydrogen-bond acceptors (Lipinski definition) is 8. The van der Waals surface area contributed by atoms with Gasteiger partial charge in [-0.1, -0.05) is 6.07 Å². The van der Waals surface area contributed by atoms with Gasteiger partial charge in [0.15, 0.2) is 0 Å². The first-order chi connectivity index (χ1) is 17.7. The summed E-state index contributed by atoms with van der Waals surface area (Å²) in [6, 6.07) is 20.5. The zero-order chi connectivity index (χ0) is 24.7. The molecule has 0 unspecified atom stereocenters. The van der Waals surface area contributed by atoms with Gasteiger partial charge in [-0.15, -0.1) is 23.1 Å². The van der Waals surface area contributed by atoms with E-state index in [1.165, 1.54) is 23.1 Å². The monoisotopic (exact) mass is 517 g/mol. The molecule has 4 aromatic rings. The number of carbonyl (C=O) groups excluding carboxylic acids is 1. The number of benzene rings is 2. The van der Waals surface area contributed by atoms with Crippen molar-refractivity contribution in [3.8, 4) is 5.75 Å². The van der Waals surface area contributed by atoms with Crippen LogP contribution in [0.15, 0.2) is 82.2 Å². The number of thiophene rings is 1. The van der Waals surface area contributed by atoms with E-state index in [4.69, 9.17) is 4.74 Å². The summed E-state index contributed by atoms with van der Waals surface area (Å²) in [5.41, 5.74) is 5.93. The average Bonchev–Trinajstić information content (AvgIpc) is 3.45. The first kappa shape index (κ1) is 24.1. The number of rotatable bonds is 8. The Labute approximate surface area is 218 Å². The number of carbonyl (C=O) groups is 1. The molecule has 0 spiro atoms. The molecule has 1 aliphatic rings. The normalized spacial score (nSPS) is 13.9. The number of amides is 1. The Morgan fingerprint density at radius 2 is 1.83 bits per heavy atom. The van der Waals surface area contributed by atoms with Crippen LogP contribution < -0.4 is 20.0 Å². The van der Waals surface area contributed by atoms with E-state index in [-0.39, 0.29) is 11.7 Å². The Morgan fingerprint density at radius 3 is 2.56 bits per heavy atom. The van der Waals surface area contributed by atoms with Crippen molar-refractivity contribution in [2.45, 2.75) is 4.90 Å². The second-order valence-electron chi connectivity index (χ2n) is 8.28. The molecule has 0 saturated carbocycles. The highest BCUT2D eigenvalue weighted by molar-refractivity contribution is 8.00. The largest absolute Gasteiger partial charge is 0.497 e. The smallest absolute Gasteiger partial charge is 0.250 e. The third-order valence-corrected chi connectivity index (χ3v) is 7.93. The van der Waals surface area contributed by atoms with Crippen LogP contribution in [0.25, 0.3) is 10.9 Å². The number of aromatic nitrogens is 1. The minimum atomic E-state index is -0.136. The van der Waals surface area contributed by atoms with Crippen LogP contribution in [0.3, 0.4) is 0 Å². The lowest BCUT2D eigenvalue weighted by Gasteiger charge is -2.37. The molecule has 1 aliphatic heterocycles. The first-order valence-electron chi connectivity index (χ1n) is 11.7. The number of fused-ring (bicyclic) bond motifs is 1. The lowest BCUT2D eigenvalue weighted by atomic mass is 10.1. The topological polar surface area (TPSA) is 70.1 Å². The highest BCUT2D eigenvalue weighted by atomic mass is 32.2. The van der Waals surface area contributed by atoms with Crippen molar-refractivity contribution in [1.29, 1.82) is 0 Å². The second kappa shape index (κ2) is 11.5. The minimum absolute atomic E-state index is 0.136. The van der Waals surface area contributed by atoms with E-state index in [9.17, 15) is 4.79 Å². The third-order valence-electron chi connectivity index (χ3n) is 6.05. The maximum absolute atomic E-state index is 12.3. The lowest BCUT2D eigenvalue weighted by molar-refractivity contribution is -0.118. The van der Waals surface area contributed by atoms with E-state index < -0.39 is 0 Å². The molecule has 0 bridgehead atoms. The van der Waals surface area contributed by atoms with Crippen molar-refractivity contribution in [3.63, 3.8) is 0 Å². The molecule has 184 valence electrons. The number of nitrogens with zero attached hydrogens (tertiary/aromatic N) is 4. The summed E-state index contributed by atoms with van der Waals surface area (Å²) in [5, 5.41) is 7.08. The molecule has 36 heavy (non-hydrogen) atoms. The molecular weight excluding hydrogens is 490 g/mol. The number of pyridine rings is 1. The van der Waals surface area contributed by atoms with Crippen LogP contribution in [0.1, 0.15) is 4.88 Å². The van der Waals surface area contributed by atoms with Gasteiger partial charge in [0, 0.05) is 58.9 Å². The van der Waals surface area contributed by atoms with Crippen molar-refractivity contribution < 1.29 is 9.53 Å². The number of hydrazone groups is 1. The second-order valence-corrected chi connectivity index (χ2v) is 10.3. The van der Waals surface area contributed by atoms with Crippen molar-refractivity contribution in [1.82, 2.24) is 10.4 Å². The Kier molecular flexibility index (Phi) is 7.68. The molecule has 2 aromatic heterocycles. The fourth-order valence-electron chi connectivity index (χ4n) is 4.16. The number of thioether (sulfide) groups is 1. The zero-order valence-electron chi connectivity index (χ0n) is 20.0. The standard InChI is InChI=1S/C27H27N5O2S2/c1-34-22-7-4-20(5-8-22)31-12-14-32(15-13-31)21-6-9-25-24(17-21)26(10-11-28-25)36-19-27(33)30-29-18-23-3-2-16-35-23/h2-11,16-18H,12-15,19H2,1H3,(H,30,33)/b29-18+. The average molecular weight is 518 g/mol. The zero-order valence-corrected chi connectivity index (χ0v) is 21.6. The van der Waals surface area contributed by atoms with Crippen molar-refractivity contribution >= 4 is 57.5 Å². The van der Waals surface area contributed by atoms with Crippen LogP contribution >= 0.6 is 23.1 Å². The molecule has 0 aliphatic carbocycles. The van der Waals surface area contributed by atoms with Crippen molar-refractivity contribution in [2.24, 2.45) is 5.10 Å².